The molecule has 1 atom stereocenters. The van der Waals surface area contributed by atoms with Crippen LogP contribution in [0.15, 0.2) is 15.7 Å². The van der Waals surface area contributed by atoms with E-state index in [2.05, 4.69) is 10.3 Å². The van der Waals surface area contributed by atoms with E-state index in [-0.39, 0.29) is 24.5 Å². The molecule has 1 heterocycles. The van der Waals surface area contributed by atoms with Gasteiger partial charge in [0, 0.05) is 17.8 Å². The zero-order valence-corrected chi connectivity index (χ0v) is 10.6. The van der Waals surface area contributed by atoms with E-state index in [1.165, 1.54) is 0 Å². The van der Waals surface area contributed by atoms with Gasteiger partial charge in [0.05, 0.1) is 12.8 Å². The average molecular weight is 281 g/mol. The molecule has 1 amide bonds. The summed E-state index contributed by atoms with van der Waals surface area (Å²) < 4.78 is 0. The molecule has 1 aromatic rings. The van der Waals surface area contributed by atoms with Gasteiger partial charge < -0.3 is 15.4 Å². The standard InChI is InChI=1S/C12H15N3O5/c16-9(3-7-4-10(17)15-12(20)13-7)14-8(5-11(18)19)6-1-2-6/h4,6,8H,1-3,5H2,(H,14,16)(H,18,19)(H2,13,15,17,20). The Morgan fingerprint density at radius 2 is 2.05 bits per heavy atom. The maximum Gasteiger partial charge on any atom is 0.325 e. The first kappa shape index (κ1) is 14.0. The van der Waals surface area contributed by atoms with Gasteiger partial charge in [-0.3, -0.25) is 19.4 Å². The molecular formula is C12H15N3O5. The van der Waals surface area contributed by atoms with E-state index in [4.69, 9.17) is 5.11 Å². The van der Waals surface area contributed by atoms with Crippen LogP contribution < -0.4 is 16.6 Å². The third kappa shape index (κ3) is 4.08. The molecule has 1 saturated carbocycles. The molecule has 0 aromatic carbocycles. The Labute approximate surface area is 113 Å². The van der Waals surface area contributed by atoms with Crippen molar-refractivity contribution in [1.82, 2.24) is 15.3 Å². The Kier molecular flexibility index (Phi) is 4.02. The smallest absolute Gasteiger partial charge is 0.325 e. The minimum absolute atomic E-state index is 0.123. The molecule has 0 aliphatic heterocycles. The summed E-state index contributed by atoms with van der Waals surface area (Å²) in [4.78, 5) is 49.1. The minimum Gasteiger partial charge on any atom is -0.481 e. The summed E-state index contributed by atoms with van der Waals surface area (Å²) in [6.07, 6.45) is 1.52. The SMILES string of the molecule is O=C(O)CC(NC(=O)Cc1cc(=O)[nH]c(=O)[nH]1)C1CC1. The molecule has 0 radical (unpaired) electrons. The second kappa shape index (κ2) is 5.72. The molecule has 0 saturated heterocycles. The van der Waals surface area contributed by atoms with Gasteiger partial charge >= 0.3 is 11.7 Å². The van der Waals surface area contributed by atoms with E-state index in [9.17, 15) is 19.2 Å². The van der Waals surface area contributed by atoms with E-state index in [0.717, 1.165) is 18.9 Å². The van der Waals surface area contributed by atoms with Gasteiger partial charge in [0.2, 0.25) is 5.91 Å². The molecule has 1 fully saturated rings. The Balaban J connectivity index is 1.98. The first-order chi connectivity index (χ1) is 9.44. The number of aromatic nitrogens is 2. The van der Waals surface area contributed by atoms with Crippen molar-refractivity contribution < 1.29 is 14.7 Å². The number of carbonyl (C=O) groups excluding carboxylic acids is 1. The fourth-order valence-corrected chi connectivity index (χ4v) is 2.07. The monoisotopic (exact) mass is 281 g/mol. The highest BCUT2D eigenvalue weighted by molar-refractivity contribution is 5.79. The van der Waals surface area contributed by atoms with Crippen LogP contribution in [0.4, 0.5) is 0 Å². The van der Waals surface area contributed by atoms with Crippen LogP contribution in [0.25, 0.3) is 0 Å². The van der Waals surface area contributed by atoms with Gasteiger partial charge in [-0.15, -0.1) is 0 Å². The predicted molar refractivity (Wildman–Crippen MR) is 68.3 cm³/mol. The lowest BCUT2D eigenvalue weighted by atomic mass is 10.1. The molecule has 8 nitrogen and oxygen atoms in total. The van der Waals surface area contributed by atoms with Crippen LogP contribution in [0.1, 0.15) is 25.0 Å². The Morgan fingerprint density at radius 1 is 1.35 bits per heavy atom. The number of H-pyrrole nitrogens is 2. The first-order valence-corrected chi connectivity index (χ1v) is 6.27. The fraction of sp³-hybridized carbons (Fsp3) is 0.500. The Hall–Kier alpha value is -2.38. The Morgan fingerprint density at radius 3 is 2.60 bits per heavy atom. The maximum absolute atomic E-state index is 11.8. The Bertz CT molecular complexity index is 600. The summed E-state index contributed by atoms with van der Waals surface area (Å²) in [6, 6.07) is 0.735. The van der Waals surface area contributed by atoms with Crippen molar-refractivity contribution in [2.45, 2.75) is 31.7 Å². The summed E-state index contributed by atoms with van der Waals surface area (Å²) >= 11 is 0. The molecule has 108 valence electrons. The van der Waals surface area contributed by atoms with Crippen molar-refractivity contribution in [2.24, 2.45) is 5.92 Å². The largest absolute Gasteiger partial charge is 0.481 e. The summed E-state index contributed by atoms with van der Waals surface area (Å²) in [7, 11) is 0. The fourth-order valence-electron chi connectivity index (χ4n) is 2.07. The molecule has 1 aliphatic carbocycles. The van der Waals surface area contributed by atoms with Crippen LogP contribution in [0.2, 0.25) is 0 Å². The second-order valence-electron chi connectivity index (χ2n) is 4.90. The van der Waals surface area contributed by atoms with Gasteiger partial charge in [0.25, 0.3) is 5.56 Å². The normalized spacial score (nSPS) is 15.6. The zero-order chi connectivity index (χ0) is 14.7. The minimum atomic E-state index is -0.966. The predicted octanol–water partition coefficient (Wildman–Crippen LogP) is -1.02. The number of aliphatic carboxylic acids is 1. The lowest BCUT2D eigenvalue weighted by Gasteiger charge is -2.16. The van der Waals surface area contributed by atoms with Gasteiger partial charge in [-0.1, -0.05) is 0 Å². The van der Waals surface area contributed by atoms with Gasteiger partial charge in [-0.05, 0) is 18.8 Å². The highest BCUT2D eigenvalue weighted by atomic mass is 16.4. The number of carboxylic acid groups (broad SMARTS) is 1. The van der Waals surface area contributed by atoms with Crippen LogP contribution in [0.5, 0.6) is 0 Å². The third-order valence-corrected chi connectivity index (χ3v) is 3.10. The molecule has 1 unspecified atom stereocenters. The van der Waals surface area contributed by atoms with Crippen LogP contribution in [0, 0.1) is 5.92 Å². The molecule has 0 bridgehead atoms. The topological polar surface area (TPSA) is 132 Å². The van der Waals surface area contributed by atoms with Gasteiger partial charge in [0.15, 0.2) is 0 Å². The lowest BCUT2D eigenvalue weighted by Crippen LogP contribution is -2.39. The van der Waals surface area contributed by atoms with Crippen LogP contribution in [0.3, 0.4) is 0 Å². The highest BCUT2D eigenvalue weighted by Crippen LogP contribution is 2.34. The van der Waals surface area contributed by atoms with E-state index < -0.39 is 29.2 Å². The van der Waals surface area contributed by atoms with Crippen molar-refractivity contribution in [2.75, 3.05) is 0 Å². The number of nitrogens with one attached hydrogen (secondary N) is 3. The molecule has 1 aromatic heterocycles. The molecule has 2 rings (SSSR count). The molecule has 4 N–H and O–H groups in total. The van der Waals surface area contributed by atoms with Gasteiger partial charge in [-0.25, -0.2) is 4.79 Å². The van der Waals surface area contributed by atoms with Gasteiger partial charge in [0.1, 0.15) is 0 Å². The van der Waals surface area contributed by atoms with Crippen molar-refractivity contribution >= 4 is 11.9 Å². The number of hydrogen-bond acceptors (Lipinski definition) is 4. The van der Waals surface area contributed by atoms with Crippen LogP contribution in [-0.2, 0) is 16.0 Å². The van der Waals surface area contributed by atoms with Crippen LogP contribution >= 0.6 is 0 Å². The number of aromatic amines is 2. The zero-order valence-electron chi connectivity index (χ0n) is 10.6. The lowest BCUT2D eigenvalue weighted by molar-refractivity contribution is -0.137. The number of hydrogen-bond donors (Lipinski definition) is 4. The number of rotatable bonds is 6. The number of carbonyl (C=O) groups is 2. The highest BCUT2D eigenvalue weighted by Gasteiger charge is 2.33. The summed E-state index contributed by atoms with van der Waals surface area (Å²) in [6.45, 7) is 0. The van der Waals surface area contributed by atoms with Crippen molar-refractivity contribution in [3.8, 4) is 0 Å². The van der Waals surface area contributed by atoms with Crippen LogP contribution in [-0.4, -0.2) is 33.0 Å². The number of carboxylic acids is 1. The van der Waals surface area contributed by atoms with E-state index in [0.29, 0.717) is 0 Å². The van der Waals surface area contributed by atoms with Gasteiger partial charge in [-0.2, -0.15) is 0 Å². The maximum atomic E-state index is 11.8. The van der Waals surface area contributed by atoms with E-state index >= 15 is 0 Å². The van der Waals surface area contributed by atoms with E-state index in [1.54, 1.807) is 0 Å². The molecule has 0 spiro atoms. The molecule has 1 aliphatic rings. The molecule has 8 heteroatoms. The molecule has 20 heavy (non-hydrogen) atoms. The molecular weight excluding hydrogens is 266 g/mol. The summed E-state index contributed by atoms with van der Waals surface area (Å²) in [5, 5.41) is 11.4. The van der Waals surface area contributed by atoms with Crippen molar-refractivity contribution in [1.29, 1.82) is 0 Å². The quantitative estimate of drug-likeness (QED) is 0.529. The third-order valence-electron chi connectivity index (χ3n) is 3.10. The van der Waals surface area contributed by atoms with Crippen molar-refractivity contribution in [3.63, 3.8) is 0 Å². The van der Waals surface area contributed by atoms with E-state index in [1.807, 2.05) is 4.98 Å². The second-order valence-corrected chi connectivity index (χ2v) is 4.90. The first-order valence-electron chi connectivity index (χ1n) is 6.27. The summed E-state index contributed by atoms with van der Waals surface area (Å²) in [5.74, 6) is -1.18. The number of amides is 1. The van der Waals surface area contributed by atoms with Crippen molar-refractivity contribution in [3.05, 3.63) is 32.6 Å². The summed E-state index contributed by atoms with van der Waals surface area (Å²) in [5.41, 5.74) is -1.06. The average Bonchev–Trinajstić information content (AvgIpc) is 3.08.